The van der Waals surface area contributed by atoms with Gasteiger partial charge in [-0.05, 0) is 25.2 Å². The number of likely N-dealkylation sites (N-methyl/N-ethyl adjacent to an activating group) is 1. The summed E-state index contributed by atoms with van der Waals surface area (Å²) in [6, 6.07) is 7.77. The van der Waals surface area contributed by atoms with Crippen molar-refractivity contribution in [2.24, 2.45) is 0 Å². The van der Waals surface area contributed by atoms with Crippen LogP contribution >= 0.6 is 0 Å². The molecule has 0 aromatic carbocycles. The zero-order valence-electron chi connectivity index (χ0n) is 9.95. The fourth-order valence-corrected chi connectivity index (χ4v) is 1.62. The molecule has 0 spiro atoms. The summed E-state index contributed by atoms with van der Waals surface area (Å²) in [5, 5.41) is 4.14. The third-order valence-corrected chi connectivity index (χ3v) is 2.53. The third kappa shape index (κ3) is 3.57. The lowest BCUT2D eigenvalue weighted by Crippen LogP contribution is -2.23. The van der Waals surface area contributed by atoms with Crippen LogP contribution in [0.3, 0.4) is 0 Å². The van der Waals surface area contributed by atoms with Crippen LogP contribution in [0.15, 0.2) is 36.7 Å². The molecule has 0 unspecified atom stereocenters. The molecular formula is C12H17N5. The number of nitrogens with two attached hydrogens (primary N) is 1. The Labute approximate surface area is 101 Å². The molecule has 17 heavy (non-hydrogen) atoms. The van der Waals surface area contributed by atoms with E-state index in [-0.39, 0.29) is 0 Å². The maximum atomic E-state index is 5.55. The summed E-state index contributed by atoms with van der Waals surface area (Å²) in [6.45, 7) is 2.59. The van der Waals surface area contributed by atoms with Crippen LogP contribution in [0.1, 0.15) is 5.69 Å². The first kappa shape index (κ1) is 11.6. The van der Waals surface area contributed by atoms with Crippen LogP contribution in [0.25, 0.3) is 0 Å². The van der Waals surface area contributed by atoms with Gasteiger partial charge < -0.3 is 5.73 Å². The van der Waals surface area contributed by atoms with Gasteiger partial charge in [0.15, 0.2) is 0 Å². The largest absolute Gasteiger partial charge is 0.382 e. The number of hydrogen-bond donors (Lipinski definition) is 1. The van der Waals surface area contributed by atoms with E-state index in [0.29, 0.717) is 5.82 Å². The van der Waals surface area contributed by atoms with E-state index in [4.69, 9.17) is 5.73 Å². The van der Waals surface area contributed by atoms with Crippen molar-refractivity contribution in [1.29, 1.82) is 0 Å². The van der Waals surface area contributed by atoms with Gasteiger partial charge in [-0.3, -0.25) is 14.6 Å². The number of hydrogen-bond acceptors (Lipinski definition) is 4. The van der Waals surface area contributed by atoms with Gasteiger partial charge in [0.2, 0.25) is 0 Å². The molecule has 0 bridgehead atoms. The maximum Gasteiger partial charge on any atom is 0.145 e. The van der Waals surface area contributed by atoms with E-state index in [0.717, 1.165) is 25.3 Å². The summed E-state index contributed by atoms with van der Waals surface area (Å²) in [5.74, 6) is 0.567. The molecule has 5 heteroatoms. The molecule has 5 nitrogen and oxygen atoms in total. The molecule has 2 aromatic rings. The molecule has 2 aromatic heterocycles. The van der Waals surface area contributed by atoms with Crippen molar-refractivity contribution in [3.63, 3.8) is 0 Å². The molecule has 0 saturated heterocycles. The van der Waals surface area contributed by atoms with Gasteiger partial charge >= 0.3 is 0 Å². The van der Waals surface area contributed by atoms with Crippen molar-refractivity contribution in [3.8, 4) is 0 Å². The summed E-state index contributed by atoms with van der Waals surface area (Å²) < 4.78 is 1.85. The molecule has 0 aliphatic rings. The summed E-state index contributed by atoms with van der Waals surface area (Å²) >= 11 is 0. The van der Waals surface area contributed by atoms with Gasteiger partial charge in [-0.1, -0.05) is 6.07 Å². The van der Waals surface area contributed by atoms with E-state index in [1.165, 1.54) is 0 Å². The van der Waals surface area contributed by atoms with E-state index in [1.54, 1.807) is 6.07 Å². The van der Waals surface area contributed by atoms with Crippen LogP contribution in [0.5, 0.6) is 0 Å². The Morgan fingerprint density at radius 3 is 2.88 bits per heavy atom. The second kappa shape index (κ2) is 5.45. The monoisotopic (exact) mass is 231 g/mol. The lowest BCUT2D eigenvalue weighted by atomic mass is 10.3. The minimum absolute atomic E-state index is 0.567. The van der Waals surface area contributed by atoms with E-state index in [2.05, 4.69) is 22.0 Å². The smallest absolute Gasteiger partial charge is 0.145 e. The highest BCUT2D eigenvalue weighted by Crippen LogP contribution is 2.00. The minimum Gasteiger partial charge on any atom is -0.382 e. The Kier molecular flexibility index (Phi) is 3.72. The quantitative estimate of drug-likeness (QED) is 0.833. The molecule has 0 atom stereocenters. The Morgan fingerprint density at radius 2 is 2.24 bits per heavy atom. The van der Waals surface area contributed by atoms with Crippen LogP contribution in [-0.2, 0) is 13.1 Å². The van der Waals surface area contributed by atoms with Crippen LogP contribution in [0, 0.1) is 0 Å². The minimum atomic E-state index is 0.567. The Balaban J connectivity index is 1.80. The molecule has 2 N–H and O–H groups in total. The Bertz CT molecular complexity index is 451. The topological polar surface area (TPSA) is 60.0 Å². The predicted molar refractivity (Wildman–Crippen MR) is 67.2 cm³/mol. The number of anilines is 1. The van der Waals surface area contributed by atoms with Crippen molar-refractivity contribution in [1.82, 2.24) is 19.7 Å². The Hall–Kier alpha value is -1.88. The van der Waals surface area contributed by atoms with Crippen molar-refractivity contribution in [3.05, 3.63) is 42.4 Å². The number of pyridine rings is 1. The number of rotatable bonds is 5. The highest BCUT2D eigenvalue weighted by atomic mass is 15.3. The maximum absolute atomic E-state index is 5.55. The zero-order valence-corrected chi connectivity index (χ0v) is 9.95. The first-order valence-electron chi connectivity index (χ1n) is 5.61. The van der Waals surface area contributed by atoms with Crippen molar-refractivity contribution < 1.29 is 0 Å². The Morgan fingerprint density at radius 1 is 1.35 bits per heavy atom. The highest BCUT2D eigenvalue weighted by Gasteiger charge is 2.01. The van der Waals surface area contributed by atoms with Gasteiger partial charge in [0, 0.05) is 25.5 Å². The van der Waals surface area contributed by atoms with Crippen LogP contribution < -0.4 is 5.73 Å². The SMILES string of the molecule is CN(CCn1ccc(N)n1)Cc1ccccn1. The molecule has 2 heterocycles. The van der Waals surface area contributed by atoms with E-state index in [9.17, 15) is 0 Å². The first-order chi connectivity index (χ1) is 8.24. The number of nitrogens with zero attached hydrogens (tertiary/aromatic N) is 4. The molecule has 2 rings (SSSR count). The fraction of sp³-hybridized carbons (Fsp3) is 0.333. The zero-order chi connectivity index (χ0) is 12.1. The molecule has 0 aliphatic heterocycles. The van der Waals surface area contributed by atoms with Gasteiger partial charge in [0.1, 0.15) is 5.82 Å². The average Bonchev–Trinajstić information content (AvgIpc) is 2.74. The fourth-order valence-electron chi connectivity index (χ4n) is 1.62. The highest BCUT2D eigenvalue weighted by molar-refractivity contribution is 5.23. The third-order valence-electron chi connectivity index (χ3n) is 2.53. The first-order valence-corrected chi connectivity index (χ1v) is 5.61. The van der Waals surface area contributed by atoms with Gasteiger partial charge in [-0.25, -0.2) is 0 Å². The van der Waals surface area contributed by atoms with Gasteiger partial charge in [-0.15, -0.1) is 0 Å². The summed E-state index contributed by atoms with van der Waals surface area (Å²) in [5.41, 5.74) is 6.63. The average molecular weight is 231 g/mol. The number of aromatic nitrogens is 3. The van der Waals surface area contributed by atoms with Crippen LogP contribution in [0.2, 0.25) is 0 Å². The molecule has 0 amide bonds. The molecule has 90 valence electrons. The normalized spacial score (nSPS) is 10.9. The van der Waals surface area contributed by atoms with Crippen molar-refractivity contribution >= 4 is 5.82 Å². The van der Waals surface area contributed by atoms with Crippen LogP contribution in [-0.4, -0.2) is 33.3 Å². The molecule has 0 saturated carbocycles. The lowest BCUT2D eigenvalue weighted by molar-refractivity contribution is 0.302. The molecular weight excluding hydrogens is 214 g/mol. The standard InChI is InChI=1S/C12H17N5/c1-16(10-11-4-2-3-6-14-11)8-9-17-7-5-12(13)15-17/h2-7H,8-10H2,1H3,(H2,13,15). The van der Waals surface area contributed by atoms with Gasteiger partial charge in [-0.2, -0.15) is 5.10 Å². The van der Waals surface area contributed by atoms with E-state index in [1.807, 2.05) is 35.3 Å². The second-order valence-corrected chi connectivity index (χ2v) is 4.06. The van der Waals surface area contributed by atoms with Crippen molar-refractivity contribution in [2.45, 2.75) is 13.1 Å². The second-order valence-electron chi connectivity index (χ2n) is 4.06. The van der Waals surface area contributed by atoms with E-state index < -0.39 is 0 Å². The molecule has 0 radical (unpaired) electrons. The summed E-state index contributed by atoms with van der Waals surface area (Å²) in [6.07, 6.45) is 3.71. The summed E-state index contributed by atoms with van der Waals surface area (Å²) in [7, 11) is 2.07. The van der Waals surface area contributed by atoms with Crippen LogP contribution in [0.4, 0.5) is 5.82 Å². The van der Waals surface area contributed by atoms with E-state index >= 15 is 0 Å². The van der Waals surface area contributed by atoms with Gasteiger partial charge in [0.05, 0.1) is 12.2 Å². The molecule has 0 aliphatic carbocycles. The van der Waals surface area contributed by atoms with Crippen molar-refractivity contribution in [2.75, 3.05) is 19.3 Å². The number of nitrogen functional groups attached to an aromatic ring is 1. The molecule has 0 fully saturated rings. The van der Waals surface area contributed by atoms with Gasteiger partial charge in [0.25, 0.3) is 0 Å². The lowest BCUT2D eigenvalue weighted by Gasteiger charge is -2.15. The summed E-state index contributed by atoms with van der Waals surface area (Å²) in [4.78, 5) is 6.50. The predicted octanol–water partition coefficient (Wildman–Crippen LogP) is 0.992.